The van der Waals surface area contributed by atoms with E-state index in [9.17, 15) is 4.79 Å². The average Bonchev–Trinajstić information content (AvgIpc) is 2.67. The molecule has 3 N–H and O–H groups in total. The van der Waals surface area contributed by atoms with E-state index in [2.05, 4.69) is 20.5 Å². The molecule has 0 radical (unpaired) electrons. The Morgan fingerprint density at radius 2 is 2.35 bits per heavy atom. The van der Waals surface area contributed by atoms with E-state index in [0.29, 0.717) is 15.9 Å². The lowest BCUT2D eigenvalue weighted by Gasteiger charge is -2.04. The lowest BCUT2D eigenvalue weighted by molar-refractivity contribution is 0.0692. The molecule has 17 heavy (non-hydrogen) atoms. The molecule has 0 bridgehead atoms. The molecule has 0 spiro atoms. The van der Waals surface area contributed by atoms with Gasteiger partial charge in [-0.25, -0.2) is 14.5 Å². The minimum atomic E-state index is -1.09. The highest BCUT2D eigenvalue weighted by Gasteiger charge is 2.15. The summed E-state index contributed by atoms with van der Waals surface area (Å²) >= 11 is 1.06. The quantitative estimate of drug-likeness (QED) is 0.785. The maximum Gasteiger partial charge on any atom is 0.338 e. The van der Waals surface area contributed by atoms with Crippen molar-refractivity contribution in [3.63, 3.8) is 0 Å². The van der Waals surface area contributed by atoms with Gasteiger partial charge in [-0.3, -0.25) is 0 Å². The van der Waals surface area contributed by atoms with Crippen LogP contribution < -0.4 is 5.73 Å². The lowest BCUT2D eigenvalue weighted by Crippen LogP contribution is -2.03. The minimum absolute atomic E-state index is 0.0259. The van der Waals surface area contributed by atoms with E-state index in [0.717, 1.165) is 11.8 Å². The Morgan fingerprint density at radius 3 is 2.94 bits per heavy atom. The SMILES string of the molecule is Cn1nnnc1Sc1ncc(N)cc1C(=O)O. The first-order valence-corrected chi connectivity index (χ1v) is 5.28. The van der Waals surface area contributed by atoms with E-state index in [1.54, 1.807) is 7.05 Å². The van der Waals surface area contributed by atoms with Gasteiger partial charge in [0.2, 0.25) is 5.16 Å². The number of nitrogens with two attached hydrogens (primary N) is 1. The number of pyridine rings is 1. The Labute approximate surface area is 99.8 Å². The predicted octanol–water partition coefficient (Wildman–Crippen LogP) is 0.0367. The van der Waals surface area contributed by atoms with Gasteiger partial charge in [0, 0.05) is 7.05 Å². The molecule has 88 valence electrons. The van der Waals surface area contributed by atoms with Gasteiger partial charge in [-0.15, -0.1) is 5.10 Å². The molecule has 0 saturated heterocycles. The molecule has 0 atom stereocenters. The van der Waals surface area contributed by atoms with Gasteiger partial charge in [-0.1, -0.05) is 0 Å². The number of carboxylic acids is 1. The molecule has 0 aromatic carbocycles. The maximum absolute atomic E-state index is 11.0. The average molecular weight is 252 g/mol. The van der Waals surface area contributed by atoms with E-state index in [-0.39, 0.29) is 5.56 Å². The highest BCUT2D eigenvalue weighted by atomic mass is 32.2. The highest BCUT2D eigenvalue weighted by Crippen LogP contribution is 2.27. The van der Waals surface area contributed by atoms with Crippen LogP contribution in [0.15, 0.2) is 22.4 Å². The maximum atomic E-state index is 11.0. The molecule has 2 aromatic heterocycles. The largest absolute Gasteiger partial charge is 0.478 e. The van der Waals surface area contributed by atoms with Crippen LogP contribution in [0.5, 0.6) is 0 Å². The summed E-state index contributed by atoms with van der Waals surface area (Å²) in [5, 5.41) is 20.6. The van der Waals surface area contributed by atoms with Gasteiger partial charge in [-0.2, -0.15) is 0 Å². The van der Waals surface area contributed by atoms with Gasteiger partial charge in [0.05, 0.1) is 17.4 Å². The number of nitrogen functional groups attached to an aromatic ring is 1. The predicted molar refractivity (Wildman–Crippen MR) is 58.5 cm³/mol. The van der Waals surface area contributed by atoms with Crippen molar-refractivity contribution in [2.75, 3.05) is 5.73 Å². The number of tetrazole rings is 1. The van der Waals surface area contributed by atoms with Crippen molar-refractivity contribution in [1.82, 2.24) is 25.2 Å². The molecular weight excluding hydrogens is 244 g/mol. The van der Waals surface area contributed by atoms with E-state index >= 15 is 0 Å². The molecule has 9 heteroatoms. The van der Waals surface area contributed by atoms with Crippen molar-refractivity contribution in [2.24, 2.45) is 7.05 Å². The van der Waals surface area contributed by atoms with Gasteiger partial charge in [0.1, 0.15) is 5.03 Å². The number of rotatable bonds is 3. The normalized spacial score (nSPS) is 10.4. The molecule has 8 nitrogen and oxygen atoms in total. The summed E-state index contributed by atoms with van der Waals surface area (Å²) in [6, 6.07) is 1.35. The third-order valence-corrected chi connectivity index (χ3v) is 2.92. The summed E-state index contributed by atoms with van der Waals surface area (Å²) in [4.78, 5) is 15.0. The van der Waals surface area contributed by atoms with Crippen molar-refractivity contribution < 1.29 is 9.90 Å². The number of anilines is 1. The standard InChI is InChI=1S/C8H8N6O2S/c1-14-8(11-12-13-14)17-6-5(7(15)16)2-4(9)3-10-6/h2-3H,9H2,1H3,(H,15,16). The molecule has 0 fully saturated rings. The second-order valence-corrected chi connectivity index (χ2v) is 4.07. The summed E-state index contributed by atoms with van der Waals surface area (Å²) in [5.74, 6) is -1.09. The third kappa shape index (κ3) is 2.33. The second-order valence-electron chi connectivity index (χ2n) is 3.11. The smallest absolute Gasteiger partial charge is 0.338 e. The number of aromatic nitrogens is 5. The first-order valence-electron chi connectivity index (χ1n) is 4.47. The Morgan fingerprint density at radius 1 is 1.59 bits per heavy atom. The van der Waals surface area contributed by atoms with Crippen LogP contribution in [0, 0.1) is 0 Å². The third-order valence-electron chi connectivity index (χ3n) is 1.87. The fourth-order valence-electron chi connectivity index (χ4n) is 1.10. The molecule has 2 heterocycles. The number of hydrogen-bond acceptors (Lipinski definition) is 7. The molecule has 0 unspecified atom stereocenters. The molecule has 2 aromatic rings. The monoisotopic (exact) mass is 252 g/mol. The van der Waals surface area contributed by atoms with Crippen molar-refractivity contribution >= 4 is 23.4 Å². The van der Waals surface area contributed by atoms with Crippen LogP contribution >= 0.6 is 11.8 Å². The number of hydrogen-bond donors (Lipinski definition) is 2. The van der Waals surface area contributed by atoms with Crippen LogP contribution in [0.1, 0.15) is 10.4 Å². The van der Waals surface area contributed by atoms with E-state index in [1.807, 2.05) is 0 Å². The molecule has 2 rings (SSSR count). The van der Waals surface area contributed by atoms with Gasteiger partial charge in [0.15, 0.2) is 0 Å². The molecule has 0 amide bonds. The van der Waals surface area contributed by atoms with Crippen molar-refractivity contribution in [3.05, 3.63) is 17.8 Å². The molecule has 0 aliphatic carbocycles. The summed E-state index contributed by atoms with van der Waals surface area (Å²) in [5.41, 5.74) is 5.81. The number of carbonyl (C=O) groups is 1. The Hall–Kier alpha value is -2.16. The summed E-state index contributed by atoms with van der Waals surface area (Å²) < 4.78 is 1.42. The zero-order valence-corrected chi connectivity index (χ0v) is 9.55. The van der Waals surface area contributed by atoms with Gasteiger partial charge < -0.3 is 10.8 Å². The first-order chi connectivity index (χ1) is 8.08. The number of aromatic carboxylic acids is 1. The van der Waals surface area contributed by atoms with Crippen molar-refractivity contribution in [3.8, 4) is 0 Å². The fraction of sp³-hybridized carbons (Fsp3) is 0.125. The van der Waals surface area contributed by atoms with Gasteiger partial charge in [-0.05, 0) is 28.3 Å². The number of aryl methyl sites for hydroxylation is 1. The van der Waals surface area contributed by atoms with Crippen LogP contribution in [0.3, 0.4) is 0 Å². The van der Waals surface area contributed by atoms with Crippen LogP contribution in [-0.4, -0.2) is 36.3 Å². The van der Waals surface area contributed by atoms with E-state index < -0.39 is 5.97 Å². The zero-order valence-electron chi connectivity index (χ0n) is 8.73. The van der Waals surface area contributed by atoms with Crippen LogP contribution in [0.2, 0.25) is 0 Å². The Balaban J connectivity index is 2.39. The van der Waals surface area contributed by atoms with Gasteiger partial charge >= 0.3 is 5.97 Å². The zero-order chi connectivity index (χ0) is 12.4. The molecule has 0 aliphatic rings. The molecule has 0 aliphatic heterocycles. The minimum Gasteiger partial charge on any atom is -0.478 e. The van der Waals surface area contributed by atoms with E-state index in [4.69, 9.17) is 10.8 Å². The summed E-state index contributed by atoms with van der Waals surface area (Å²) in [6.07, 6.45) is 1.39. The first kappa shape index (κ1) is 11.3. The van der Waals surface area contributed by atoms with Crippen molar-refractivity contribution in [1.29, 1.82) is 0 Å². The summed E-state index contributed by atoms with van der Waals surface area (Å²) in [7, 11) is 1.65. The molecule has 0 saturated carbocycles. The second kappa shape index (κ2) is 4.37. The number of carboxylic acid groups (broad SMARTS) is 1. The highest BCUT2D eigenvalue weighted by molar-refractivity contribution is 7.99. The van der Waals surface area contributed by atoms with Crippen LogP contribution in [0.25, 0.3) is 0 Å². The van der Waals surface area contributed by atoms with Crippen LogP contribution in [0.4, 0.5) is 5.69 Å². The topological polar surface area (TPSA) is 120 Å². The molecular formula is C8H8N6O2S. The van der Waals surface area contributed by atoms with E-state index in [1.165, 1.54) is 16.9 Å². The lowest BCUT2D eigenvalue weighted by atomic mass is 10.3. The van der Waals surface area contributed by atoms with Gasteiger partial charge in [0.25, 0.3) is 0 Å². The van der Waals surface area contributed by atoms with Crippen LogP contribution in [-0.2, 0) is 7.05 Å². The van der Waals surface area contributed by atoms with Crippen molar-refractivity contribution in [2.45, 2.75) is 10.2 Å². The Kier molecular flexibility index (Phi) is 2.91. The summed E-state index contributed by atoms with van der Waals surface area (Å²) in [6.45, 7) is 0. The Bertz CT molecular complexity index is 569. The fourth-order valence-corrected chi connectivity index (χ4v) is 1.88. The number of nitrogens with zero attached hydrogens (tertiary/aromatic N) is 5.